The van der Waals surface area contributed by atoms with Crippen molar-refractivity contribution < 1.29 is 4.74 Å². The molecule has 0 aliphatic carbocycles. The number of rotatable bonds is 7. The zero-order valence-corrected chi connectivity index (χ0v) is 11.2. The maximum absolute atomic E-state index is 5.59. The summed E-state index contributed by atoms with van der Waals surface area (Å²) in [4.78, 5) is 0. The van der Waals surface area contributed by atoms with Crippen molar-refractivity contribution in [3.05, 3.63) is 40.9 Å². The Hall–Kier alpha value is -0.800. The molecule has 0 fully saturated rings. The van der Waals surface area contributed by atoms with Crippen LogP contribution in [-0.2, 0) is 0 Å². The van der Waals surface area contributed by atoms with E-state index in [1.807, 2.05) is 24.3 Å². The Morgan fingerprint density at radius 1 is 1.38 bits per heavy atom. The van der Waals surface area contributed by atoms with Crippen molar-refractivity contribution in [1.82, 2.24) is 5.32 Å². The summed E-state index contributed by atoms with van der Waals surface area (Å²) in [5.74, 6) is 0.875. The van der Waals surface area contributed by atoms with Crippen LogP contribution in [0.4, 0.5) is 0 Å². The minimum Gasteiger partial charge on any atom is -0.489 e. The van der Waals surface area contributed by atoms with Gasteiger partial charge in [-0.15, -0.1) is 0 Å². The number of hydrogen-bond donors (Lipinski definition) is 1. The second-order valence-corrected chi connectivity index (χ2v) is 4.59. The Kier molecular flexibility index (Phi) is 6.19. The number of nitrogens with one attached hydrogen (secondary N) is 1. The Bertz CT molecular complexity index is 321. The van der Waals surface area contributed by atoms with E-state index in [9.17, 15) is 0 Å². The van der Waals surface area contributed by atoms with Gasteiger partial charge in [0.25, 0.3) is 0 Å². The molecular weight excluding hydrogens is 266 g/mol. The summed E-state index contributed by atoms with van der Waals surface area (Å²) in [6, 6.07) is 7.81. The van der Waals surface area contributed by atoms with E-state index >= 15 is 0 Å². The molecular formula is C13H18BrNO. The lowest BCUT2D eigenvalue weighted by Gasteiger charge is -2.09. The Balaban J connectivity index is 2.23. The fourth-order valence-electron chi connectivity index (χ4n) is 1.21. The van der Waals surface area contributed by atoms with Crippen molar-refractivity contribution >= 4 is 15.9 Å². The Labute approximate surface area is 106 Å². The van der Waals surface area contributed by atoms with Gasteiger partial charge in [0, 0.05) is 11.0 Å². The lowest BCUT2D eigenvalue weighted by atomic mass is 10.3. The summed E-state index contributed by atoms with van der Waals surface area (Å²) < 4.78 is 6.65. The molecule has 16 heavy (non-hydrogen) atoms. The van der Waals surface area contributed by atoms with E-state index in [0.29, 0.717) is 6.61 Å². The zero-order chi connectivity index (χ0) is 11.8. The van der Waals surface area contributed by atoms with Gasteiger partial charge in [-0.25, -0.2) is 0 Å². The molecule has 3 heteroatoms. The average Bonchev–Trinajstić information content (AvgIpc) is 2.29. The van der Waals surface area contributed by atoms with Gasteiger partial charge in [0.1, 0.15) is 12.4 Å². The van der Waals surface area contributed by atoms with Crippen molar-refractivity contribution in [2.45, 2.75) is 13.3 Å². The van der Waals surface area contributed by atoms with E-state index in [2.05, 4.69) is 34.7 Å². The van der Waals surface area contributed by atoms with Crippen molar-refractivity contribution in [2.24, 2.45) is 0 Å². The molecule has 0 aromatic heterocycles. The molecule has 0 spiro atoms. The SMILES string of the molecule is C=C(CNCCC)COc1ccc(Br)cc1. The quantitative estimate of drug-likeness (QED) is 0.612. The van der Waals surface area contributed by atoms with Crippen molar-refractivity contribution in [2.75, 3.05) is 19.7 Å². The molecule has 0 heterocycles. The number of halogens is 1. The molecule has 1 N–H and O–H groups in total. The minimum atomic E-state index is 0.568. The standard InChI is InChI=1S/C13H18BrNO/c1-3-8-15-9-11(2)10-16-13-6-4-12(14)5-7-13/h4-7,15H,2-3,8-10H2,1H3. The first-order valence-corrected chi connectivity index (χ1v) is 6.27. The molecule has 0 saturated heterocycles. The molecule has 0 aliphatic heterocycles. The van der Waals surface area contributed by atoms with Crippen LogP contribution in [0.5, 0.6) is 5.75 Å². The highest BCUT2D eigenvalue weighted by Gasteiger charge is 1.96. The van der Waals surface area contributed by atoms with Gasteiger partial charge in [0.2, 0.25) is 0 Å². The summed E-state index contributed by atoms with van der Waals surface area (Å²) in [7, 11) is 0. The van der Waals surface area contributed by atoms with Gasteiger partial charge in [-0.3, -0.25) is 0 Å². The van der Waals surface area contributed by atoms with Crippen LogP contribution < -0.4 is 10.1 Å². The molecule has 0 aliphatic rings. The fraction of sp³-hybridized carbons (Fsp3) is 0.385. The van der Waals surface area contributed by atoms with E-state index in [-0.39, 0.29) is 0 Å². The van der Waals surface area contributed by atoms with E-state index in [1.165, 1.54) is 0 Å². The molecule has 1 aromatic rings. The fourth-order valence-corrected chi connectivity index (χ4v) is 1.47. The van der Waals surface area contributed by atoms with Crippen molar-refractivity contribution in [1.29, 1.82) is 0 Å². The third-order valence-electron chi connectivity index (χ3n) is 2.06. The van der Waals surface area contributed by atoms with Gasteiger partial charge in [-0.1, -0.05) is 29.4 Å². The highest BCUT2D eigenvalue weighted by atomic mass is 79.9. The highest BCUT2D eigenvalue weighted by Crippen LogP contribution is 2.16. The molecule has 88 valence electrons. The van der Waals surface area contributed by atoms with E-state index in [1.54, 1.807) is 0 Å². The first-order chi connectivity index (χ1) is 7.72. The summed E-state index contributed by atoms with van der Waals surface area (Å²) in [5.41, 5.74) is 1.07. The monoisotopic (exact) mass is 283 g/mol. The lowest BCUT2D eigenvalue weighted by molar-refractivity contribution is 0.348. The molecule has 1 aromatic carbocycles. The van der Waals surface area contributed by atoms with Crippen LogP contribution in [0, 0.1) is 0 Å². The predicted octanol–water partition coefficient (Wildman–Crippen LogP) is 3.38. The molecule has 0 bridgehead atoms. The average molecular weight is 284 g/mol. The third-order valence-corrected chi connectivity index (χ3v) is 2.59. The molecule has 0 amide bonds. The largest absolute Gasteiger partial charge is 0.489 e. The van der Waals surface area contributed by atoms with Gasteiger partial charge < -0.3 is 10.1 Å². The van der Waals surface area contributed by atoms with Crippen LogP contribution >= 0.6 is 15.9 Å². The van der Waals surface area contributed by atoms with Crippen LogP contribution in [0.3, 0.4) is 0 Å². The smallest absolute Gasteiger partial charge is 0.119 e. The van der Waals surface area contributed by atoms with Crippen LogP contribution in [0.25, 0.3) is 0 Å². The summed E-state index contributed by atoms with van der Waals surface area (Å²) in [6.07, 6.45) is 1.14. The maximum Gasteiger partial charge on any atom is 0.119 e. The number of benzene rings is 1. The molecule has 0 unspecified atom stereocenters. The molecule has 0 atom stereocenters. The second kappa shape index (κ2) is 7.47. The zero-order valence-electron chi connectivity index (χ0n) is 9.63. The van der Waals surface area contributed by atoms with Crippen molar-refractivity contribution in [3.63, 3.8) is 0 Å². The molecule has 1 rings (SSSR count). The predicted molar refractivity (Wildman–Crippen MR) is 71.9 cm³/mol. The topological polar surface area (TPSA) is 21.3 Å². The number of hydrogen-bond acceptors (Lipinski definition) is 2. The lowest BCUT2D eigenvalue weighted by Crippen LogP contribution is -2.20. The maximum atomic E-state index is 5.59. The Morgan fingerprint density at radius 3 is 2.69 bits per heavy atom. The van der Waals surface area contributed by atoms with Gasteiger partial charge in [-0.2, -0.15) is 0 Å². The highest BCUT2D eigenvalue weighted by molar-refractivity contribution is 9.10. The van der Waals surface area contributed by atoms with Crippen LogP contribution in [-0.4, -0.2) is 19.7 Å². The van der Waals surface area contributed by atoms with Gasteiger partial charge in [-0.05, 0) is 42.8 Å². The van der Waals surface area contributed by atoms with Gasteiger partial charge in [0.05, 0.1) is 0 Å². The normalized spacial score (nSPS) is 10.1. The number of ether oxygens (including phenoxy) is 1. The first-order valence-electron chi connectivity index (χ1n) is 5.48. The van der Waals surface area contributed by atoms with E-state index in [4.69, 9.17) is 4.74 Å². The molecule has 0 radical (unpaired) electrons. The summed E-state index contributed by atoms with van der Waals surface area (Å²) in [5, 5.41) is 3.29. The Morgan fingerprint density at radius 2 is 2.06 bits per heavy atom. The van der Waals surface area contributed by atoms with Crippen LogP contribution in [0.15, 0.2) is 40.9 Å². The minimum absolute atomic E-state index is 0.568. The van der Waals surface area contributed by atoms with E-state index in [0.717, 1.165) is 35.3 Å². The van der Waals surface area contributed by atoms with Crippen molar-refractivity contribution in [3.8, 4) is 5.75 Å². The summed E-state index contributed by atoms with van der Waals surface area (Å²) >= 11 is 3.38. The first kappa shape index (κ1) is 13.3. The van der Waals surface area contributed by atoms with Gasteiger partial charge in [0.15, 0.2) is 0 Å². The van der Waals surface area contributed by atoms with E-state index < -0.39 is 0 Å². The molecule has 0 saturated carbocycles. The third kappa shape index (κ3) is 5.33. The summed E-state index contributed by atoms with van der Waals surface area (Å²) in [6.45, 7) is 8.53. The molecule has 2 nitrogen and oxygen atoms in total. The van der Waals surface area contributed by atoms with Crippen LogP contribution in [0.2, 0.25) is 0 Å². The van der Waals surface area contributed by atoms with Crippen LogP contribution in [0.1, 0.15) is 13.3 Å². The van der Waals surface area contributed by atoms with Gasteiger partial charge >= 0.3 is 0 Å². The second-order valence-electron chi connectivity index (χ2n) is 3.67.